The Bertz CT molecular complexity index is 497. The number of hydrogen-bond acceptors (Lipinski definition) is 4. The Kier molecular flexibility index (Phi) is 6.21. The van der Waals surface area contributed by atoms with Gasteiger partial charge in [-0.05, 0) is 18.8 Å². The molecule has 1 unspecified atom stereocenters. The van der Waals surface area contributed by atoms with Crippen molar-refractivity contribution in [2.45, 2.75) is 40.2 Å². The van der Waals surface area contributed by atoms with Gasteiger partial charge >= 0.3 is 5.97 Å². The van der Waals surface area contributed by atoms with Gasteiger partial charge in [-0.3, -0.25) is 9.59 Å². The Morgan fingerprint density at radius 3 is 2.75 bits per heavy atom. The van der Waals surface area contributed by atoms with Crippen LogP contribution in [0.5, 0.6) is 0 Å². The van der Waals surface area contributed by atoms with Crippen molar-refractivity contribution in [3.8, 4) is 0 Å². The van der Waals surface area contributed by atoms with E-state index in [1.807, 2.05) is 13.8 Å². The predicted octanol–water partition coefficient (Wildman–Crippen LogP) is 1.81. The summed E-state index contributed by atoms with van der Waals surface area (Å²) in [5.41, 5.74) is -0.132. The Hall–Kier alpha value is -1.85. The molecule has 6 heteroatoms. The van der Waals surface area contributed by atoms with Crippen molar-refractivity contribution < 1.29 is 9.90 Å². The monoisotopic (exact) mass is 281 g/mol. The van der Waals surface area contributed by atoms with Gasteiger partial charge in [-0.1, -0.05) is 20.8 Å². The Balaban J connectivity index is 2.52. The highest BCUT2D eigenvalue weighted by Gasteiger charge is 2.10. The van der Waals surface area contributed by atoms with Crippen LogP contribution in [-0.2, 0) is 11.3 Å². The van der Waals surface area contributed by atoms with Crippen LogP contribution in [0.2, 0.25) is 0 Å². The molecule has 0 amide bonds. The Labute approximate surface area is 118 Å². The molecule has 0 spiro atoms. The first-order valence-electron chi connectivity index (χ1n) is 6.94. The zero-order valence-corrected chi connectivity index (χ0v) is 12.3. The SMILES string of the molecule is CC(C)Cn1ccnc(NCCCC(C)C(=O)O)c1=O. The zero-order chi connectivity index (χ0) is 15.1. The first-order chi connectivity index (χ1) is 9.41. The second kappa shape index (κ2) is 7.67. The molecule has 0 saturated heterocycles. The summed E-state index contributed by atoms with van der Waals surface area (Å²) < 4.78 is 1.64. The topological polar surface area (TPSA) is 84.2 Å². The van der Waals surface area contributed by atoms with Crippen LogP contribution in [0, 0.1) is 11.8 Å². The molecule has 0 aliphatic heterocycles. The van der Waals surface area contributed by atoms with E-state index < -0.39 is 5.97 Å². The Morgan fingerprint density at radius 2 is 2.15 bits per heavy atom. The van der Waals surface area contributed by atoms with Crippen molar-refractivity contribution in [1.82, 2.24) is 9.55 Å². The quantitative estimate of drug-likeness (QED) is 0.710. The van der Waals surface area contributed by atoms with Crippen molar-refractivity contribution in [3.05, 3.63) is 22.7 Å². The number of rotatable bonds is 8. The van der Waals surface area contributed by atoms with Crippen LogP contribution in [-0.4, -0.2) is 27.2 Å². The van der Waals surface area contributed by atoms with E-state index in [2.05, 4.69) is 10.3 Å². The summed E-state index contributed by atoms with van der Waals surface area (Å²) in [6, 6.07) is 0. The van der Waals surface area contributed by atoms with Crippen molar-refractivity contribution in [1.29, 1.82) is 0 Å². The number of carboxylic acids is 1. The molecule has 6 nitrogen and oxygen atoms in total. The van der Waals surface area contributed by atoms with Crippen LogP contribution < -0.4 is 10.9 Å². The minimum atomic E-state index is -0.790. The van der Waals surface area contributed by atoms with E-state index in [-0.39, 0.29) is 11.5 Å². The molecule has 1 aromatic rings. The van der Waals surface area contributed by atoms with E-state index in [0.29, 0.717) is 37.7 Å². The molecular weight excluding hydrogens is 258 g/mol. The van der Waals surface area contributed by atoms with Gasteiger partial charge in [0.05, 0.1) is 5.92 Å². The highest BCUT2D eigenvalue weighted by Crippen LogP contribution is 2.05. The van der Waals surface area contributed by atoms with Crippen LogP contribution >= 0.6 is 0 Å². The molecule has 112 valence electrons. The third kappa shape index (κ3) is 5.03. The average Bonchev–Trinajstić information content (AvgIpc) is 2.37. The third-order valence-electron chi connectivity index (χ3n) is 3.00. The molecule has 0 fully saturated rings. The lowest BCUT2D eigenvalue weighted by Gasteiger charge is -2.11. The fraction of sp³-hybridized carbons (Fsp3) is 0.643. The molecule has 1 rings (SSSR count). The van der Waals surface area contributed by atoms with Gasteiger partial charge in [0.25, 0.3) is 5.56 Å². The number of nitrogens with zero attached hydrogens (tertiary/aromatic N) is 2. The van der Waals surface area contributed by atoms with E-state index in [4.69, 9.17) is 5.11 Å². The number of hydrogen-bond donors (Lipinski definition) is 2. The summed E-state index contributed by atoms with van der Waals surface area (Å²) in [7, 11) is 0. The molecule has 0 saturated carbocycles. The smallest absolute Gasteiger partial charge is 0.306 e. The number of anilines is 1. The lowest BCUT2D eigenvalue weighted by Crippen LogP contribution is -2.26. The molecule has 2 N–H and O–H groups in total. The van der Waals surface area contributed by atoms with Gasteiger partial charge in [0.15, 0.2) is 5.82 Å². The van der Waals surface area contributed by atoms with E-state index in [0.717, 1.165) is 0 Å². The summed E-state index contributed by atoms with van der Waals surface area (Å²) in [6.07, 6.45) is 4.55. The number of aliphatic carboxylic acids is 1. The van der Waals surface area contributed by atoms with Crippen LogP contribution in [0.1, 0.15) is 33.6 Å². The molecule has 1 aromatic heterocycles. The van der Waals surface area contributed by atoms with Gasteiger partial charge in [-0.15, -0.1) is 0 Å². The summed E-state index contributed by atoms with van der Waals surface area (Å²) >= 11 is 0. The second-order valence-electron chi connectivity index (χ2n) is 5.44. The van der Waals surface area contributed by atoms with Crippen LogP contribution in [0.15, 0.2) is 17.2 Å². The van der Waals surface area contributed by atoms with E-state index in [1.165, 1.54) is 0 Å². The number of carboxylic acid groups (broad SMARTS) is 1. The van der Waals surface area contributed by atoms with Gasteiger partial charge in [-0.2, -0.15) is 0 Å². The van der Waals surface area contributed by atoms with Crippen LogP contribution in [0.3, 0.4) is 0 Å². The summed E-state index contributed by atoms with van der Waals surface area (Å²) in [4.78, 5) is 26.8. The molecule has 1 heterocycles. The van der Waals surface area contributed by atoms with Crippen molar-refractivity contribution in [2.75, 3.05) is 11.9 Å². The number of aromatic nitrogens is 2. The number of carbonyl (C=O) groups is 1. The standard InChI is InChI=1S/C14H23N3O3/c1-10(2)9-17-8-7-16-12(13(17)18)15-6-4-5-11(3)14(19)20/h7-8,10-11H,4-6,9H2,1-3H3,(H,15,16)(H,19,20). The predicted molar refractivity (Wildman–Crippen MR) is 77.9 cm³/mol. The molecule has 0 bridgehead atoms. The Morgan fingerprint density at radius 1 is 1.45 bits per heavy atom. The van der Waals surface area contributed by atoms with E-state index >= 15 is 0 Å². The molecule has 0 aliphatic carbocycles. The highest BCUT2D eigenvalue weighted by molar-refractivity contribution is 5.69. The van der Waals surface area contributed by atoms with Gasteiger partial charge in [0.1, 0.15) is 0 Å². The summed E-state index contributed by atoms with van der Waals surface area (Å²) in [5.74, 6) is -0.434. The normalized spacial score (nSPS) is 12.4. The largest absolute Gasteiger partial charge is 0.481 e. The fourth-order valence-corrected chi connectivity index (χ4v) is 1.84. The third-order valence-corrected chi connectivity index (χ3v) is 3.00. The van der Waals surface area contributed by atoms with Gasteiger partial charge in [0, 0.05) is 25.5 Å². The average molecular weight is 281 g/mol. The van der Waals surface area contributed by atoms with E-state index in [9.17, 15) is 9.59 Å². The molecule has 0 aliphatic rings. The van der Waals surface area contributed by atoms with Crippen molar-refractivity contribution in [2.24, 2.45) is 11.8 Å². The maximum atomic E-state index is 12.1. The minimum Gasteiger partial charge on any atom is -0.481 e. The lowest BCUT2D eigenvalue weighted by molar-refractivity contribution is -0.141. The molecule has 0 aromatic carbocycles. The summed E-state index contributed by atoms with van der Waals surface area (Å²) in [5, 5.41) is 11.8. The van der Waals surface area contributed by atoms with Gasteiger partial charge < -0.3 is 15.0 Å². The van der Waals surface area contributed by atoms with Crippen molar-refractivity contribution in [3.63, 3.8) is 0 Å². The van der Waals surface area contributed by atoms with Gasteiger partial charge in [-0.25, -0.2) is 4.98 Å². The lowest BCUT2D eigenvalue weighted by atomic mass is 10.1. The first kappa shape index (κ1) is 16.2. The van der Waals surface area contributed by atoms with Crippen LogP contribution in [0.4, 0.5) is 5.82 Å². The second-order valence-corrected chi connectivity index (χ2v) is 5.44. The first-order valence-corrected chi connectivity index (χ1v) is 6.94. The maximum absolute atomic E-state index is 12.1. The molecule has 1 atom stereocenters. The minimum absolute atomic E-state index is 0.132. The highest BCUT2D eigenvalue weighted by atomic mass is 16.4. The molecule has 20 heavy (non-hydrogen) atoms. The molecular formula is C14H23N3O3. The molecule has 0 radical (unpaired) electrons. The fourth-order valence-electron chi connectivity index (χ4n) is 1.84. The van der Waals surface area contributed by atoms with Crippen LogP contribution in [0.25, 0.3) is 0 Å². The van der Waals surface area contributed by atoms with Gasteiger partial charge in [0.2, 0.25) is 0 Å². The van der Waals surface area contributed by atoms with Crippen molar-refractivity contribution >= 4 is 11.8 Å². The summed E-state index contributed by atoms with van der Waals surface area (Å²) in [6.45, 7) is 6.98. The maximum Gasteiger partial charge on any atom is 0.306 e. The zero-order valence-electron chi connectivity index (χ0n) is 12.3. The number of nitrogens with one attached hydrogen (secondary N) is 1. The van der Waals surface area contributed by atoms with E-state index in [1.54, 1.807) is 23.9 Å².